The van der Waals surface area contributed by atoms with Gasteiger partial charge < -0.3 is 29.9 Å². The number of hydrogen-bond donors (Lipinski definition) is 2. The number of anilines is 1. The first kappa shape index (κ1) is 41.3. The van der Waals surface area contributed by atoms with Crippen LogP contribution in [0.5, 0.6) is 5.75 Å². The Kier molecular flexibility index (Phi) is 13.6. The number of carbonyl (C=O) groups is 3. The summed E-state index contributed by atoms with van der Waals surface area (Å²) in [6.45, 7) is 9.28. The molecule has 0 spiro atoms. The topological polar surface area (TPSA) is 126 Å². The third-order valence-electron chi connectivity index (χ3n) is 10.2. The average Bonchev–Trinajstić information content (AvgIpc) is 3.87. The predicted molar refractivity (Wildman–Crippen MR) is 227 cm³/mol. The standard InChI is InChI=1S/C45H54N6O5S/c1-30-41(57-29-47-30)33-13-11-31(12-14-33)27-46-43(53)39-10-9-23-51(39)44(54)42(45(2,3)4)49-40(52)28-55-24-7-8-25-56-36-20-22-38-34(26-36)17-21-37(48-38)32-15-18-35(19-16-32)50(5)6/h11-22,26,29,39,42H,7-10,23-25,27-28H2,1-6H3,(H,46,53)(H,49,52)/t39-,42?/m0/s1. The molecule has 11 nitrogen and oxygen atoms in total. The molecule has 6 rings (SSSR count). The quantitative estimate of drug-likeness (QED) is 0.0991. The fraction of sp³-hybridized carbons (Fsp3) is 0.400. The Labute approximate surface area is 339 Å². The Morgan fingerprint density at radius 1 is 0.947 bits per heavy atom. The van der Waals surface area contributed by atoms with Gasteiger partial charge in [-0.05, 0) is 85.5 Å². The van der Waals surface area contributed by atoms with Gasteiger partial charge in [-0.25, -0.2) is 9.97 Å². The summed E-state index contributed by atoms with van der Waals surface area (Å²) in [7, 11) is 4.05. The molecule has 57 heavy (non-hydrogen) atoms. The van der Waals surface area contributed by atoms with Crippen molar-refractivity contribution in [1.82, 2.24) is 25.5 Å². The van der Waals surface area contributed by atoms with E-state index < -0.39 is 17.5 Å². The van der Waals surface area contributed by atoms with Gasteiger partial charge >= 0.3 is 0 Å². The lowest BCUT2D eigenvalue weighted by molar-refractivity contribution is -0.144. The van der Waals surface area contributed by atoms with E-state index in [0.29, 0.717) is 39.1 Å². The molecule has 0 saturated carbocycles. The van der Waals surface area contributed by atoms with E-state index in [4.69, 9.17) is 14.5 Å². The van der Waals surface area contributed by atoms with Gasteiger partial charge in [0.2, 0.25) is 17.7 Å². The molecule has 2 atom stereocenters. The summed E-state index contributed by atoms with van der Waals surface area (Å²) in [5.41, 5.74) is 8.36. The van der Waals surface area contributed by atoms with Gasteiger partial charge in [0.1, 0.15) is 24.4 Å². The van der Waals surface area contributed by atoms with E-state index in [0.717, 1.165) is 68.1 Å². The zero-order chi connectivity index (χ0) is 40.5. The largest absolute Gasteiger partial charge is 0.494 e. The minimum Gasteiger partial charge on any atom is -0.494 e. The number of benzene rings is 3. The van der Waals surface area contributed by atoms with Gasteiger partial charge in [0, 0.05) is 50.4 Å². The minimum atomic E-state index is -0.809. The molecule has 5 aromatic rings. The van der Waals surface area contributed by atoms with E-state index in [1.807, 2.05) is 95.8 Å². The third kappa shape index (κ3) is 10.7. The highest BCUT2D eigenvalue weighted by Gasteiger charge is 2.41. The van der Waals surface area contributed by atoms with Crippen LogP contribution >= 0.6 is 11.3 Å². The summed E-state index contributed by atoms with van der Waals surface area (Å²) in [6, 6.07) is 25.0. The van der Waals surface area contributed by atoms with Crippen molar-refractivity contribution in [2.45, 2.75) is 72.0 Å². The number of unbranched alkanes of at least 4 members (excludes halogenated alkanes) is 1. The van der Waals surface area contributed by atoms with Crippen LogP contribution in [0.3, 0.4) is 0 Å². The number of fused-ring (bicyclic) bond motifs is 1. The normalized spacial score (nSPS) is 14.7. The van der Waals surface area contributed by atoms with E-state index in [-0.39, 0.29) is 24.3 Å². The second-order valence-electron chi connectivity index (χ2n) is 15.8. The number of likely N-dealkylation sites (tertiary alicyclic amines) is 1. The zero-order valence-electron chi connectivity index (χ0n) is 33.8. The Hall–Kier alpha value is -5.33. The van der Waals surface area contributed by atoms with Crippen LogP contribution in [0.2, 0.25) is 0 Å². The Bertz CT molecular complexity index is 2140. The lowest BCUT2D eigenvalue weighted by atomic mass is 9.85. The third-order valence-corrected chi connectivity index (χ3v) is 11.2. The molecule has 1 aliphatic heterocycles. The number of nitrogens with one attached hydrogen (secondary N) is 2. The molecule has 1 fully saturated rings. The van der Waals surface area contributed by atoms with Crippen LogP contribution in [0.4, 0.5) is 5.69 Å². The molecule has 3 heterocycles. The lowest BCUT2D eigenvalue weighted by Gasteiger charge is -2.35. The average molecular weight is 791 g/mol. The summed E-state index contributed by atoms with van der Waals surface area (Å²) < 4.78 is 11.7. The van der Waals surface area contributed by atoms with Crippen LogP contribution in [0.1, 0.15) is 57.7 Å². The lowest BCUT2D eigenvalue weighted by Crippen LogP contribution is -2.58. The maximum atomic E-state index is 13.9. The van der Waals surface area contributed by atoms with Gasteiger partial charge in [0.05, 0.1) is 33.9 Å². The Morgan fingerprint density at radius 3 is 2.39 bits per heavy atom. The van der Waals surface area contributed by atoms with E-state index in [2.05, 4.69) is 50.8 Å². The van der Waals surface area contributed by atoms with Crippen LogP contribution in [-0.2, 0) is 25.7 Å². The molecule has 12 heteroatoms. The number of hydrogen-bond acceptors (Lipinski definition) is 9. The first-order chi connectivity index (χ1) is 27.4. The van der Waals surface area contributed by atoms with E-state index in [1.54, 1.807) is 16.2 Å². The predicted octanol–water partition coefficient (Wildman–Crippen LogP) is 7.41. The van der Waals surface area contributed by atoms with Crippen LogP contribution in [0.15, 0.2) is 84.4 Å². The summed E-state index contributed by atoms with van der Waals surface area (Å²) >= 11 is 1.60. The van der Waals surface area contributed by atoms with Gasteiger partial charge in [-0.15, -0.1) is 11.3 Å². The maximum absolute atomic E-state index is 13.9. The molecule has 3 aromatic carbocycles. The van der Waals surface area contributed by atoms with Crippen molar-refractivity contribution in [1.29, 1.82) is 0 Å². The summed E-state index contributed by atoms with van der Waals surface area (Å²) in [4.78, 5) is 54.3. The number of thiazole rings is 1. The van der Waals surface area contributed by atoms with Gasteiger partial charge in [0.15, 0.2) is 0 Å². The van der Waals surface area contributed by atoms with Crippen molar-refractivity contribution < 1.29 is 23.9 Å². The van der Waals surface area contributed by atoms with Crippen molar-refractivity contribution >= 4 is 45.6 Å². The smallest absolute Gasteiger partial charge is 0.246 e. The molecular weight excluding hydrogens is 737 g/mol. The maximum Gasteiger partial charge on any atom is 0.246 e. The van der Waals surface area contributed by atoms with Gasteiger partial charge in [0.25, 0.3) is 0 Å². The van der Waals surface area contributed by atoms with Crippen LogP contribution in [-0.4, -0.2) is 85.1 Å². The number of amides is 3. The number of aromatic nitrogens is 2. The van der Waals surface area contributed by atoms with Crippen LogP contribution in [0.25, 0.3) is 32.6 Å². The van der Waals surface area contributed by atoms with E-state index in [1.165, 1.54) is 0 Å². The van der Waals surface area contributed by atoms with Crippen LogP contribution in [0, 0.1) is 12.3 Å². The fourth-order valence-electron chi connectivity index (χ4n) is 6.93. The SMILES string of the molecule is Cc1ncsc1-c1ccc(CNC(=O)[C@@H]2CCCN2C(=O)C(NC(=O)COCCCCOc2ccc3nc(-c4ccc(N(C)C)cc4)ccc3c2)C(C)(C)C)cc1. The van der Waals surface area contributed by atoms with Crippen molar-refractivity contribution in [2.24, 2.45) is 5.41 Å². The molecular formula is C45H54N6O5S. The molecule has 2 aromatic heterocycles. The second-order valence-corrected chi connectivity index (χ2v) is 16.7. The first-order valence-electron chi connectivity index (χ1n) is 19.6. The Balaban J connectivity index is 0.912. The number of carbonyl (C=O) groups excluding carboxylic acids is 3. The number of aryl methyl sites for hydroxylation is 1. The molecule has 300 valence electrons. The number of rotatable bonds is 16. The number of pyridine rings is 1. The molecule has 1 aliphatic rings. The van der Waals surface area contributed by atoms with Crippen molar-refractivity contribution in [3.8, 4) is 27.4 Å². The molecule has 1 saturated heterocycles. The molecule has 1 unspecified atom stereocenters. The van der Waals surface area contributed by atoms with E-state index >= 15 is 0 Å². The molecule has 0 radical (unpaired) electrons. The van der Waals surface area contributed by atoms with Gasteiger partial charge in [-0.3, -0.25) is 14.4 Å². The Morgan fingerprint density at radius 2 is 1.68 bits per heavy atom. The molecule has 0 bridgehead atoms. The minimum absolute atomic E-state index is 0.161. The second kappa shape index (κ2) is 18.7. The van der Waals surface area contributed by atoms with E-state index in [9.17, 15) is 14.4 Å². The number of nitrogens with zero attached hydrogens (tertiary/aromatic N) is 4. The van der Waals surface area contributed by atoms with Gasteiger partial charge in [-0.1, -0.05) is 63.2 Å². The monoisotopic (exact) mass is 790 g/mol. The molecule has 2 N–H and O–H groups in total. The highest BCUT2D eigenvalue weighted by Crippen LogP contribution is 2.29. The summed E-state index contributed by atoms with van der Waals surface area (Å²) in [5, 5.41) is 6.94. The first-order valence-corrected chi connectivity index (χ1v) is 20.5. The van der Waals surface area contributed by atoms with Crippen molar-refractivity contribution in [3.05, 3.63) is 95.6 Å². The highest BCUT2D eigenvalue weighted by molar-refractivity contribution is 7.13. The fourth-order valence-corrected chi connectivity index (χ4v) is 7.74. The number of ether oxygens (including phenoxy) is 2. The summed E-state index contributed by atoms with van der Waals surface area (Å²) in [6.07, 6.45) is 2.75. The highest BCUT2D eigenvalue weighted by atomic mass is 32.1. The molecule has 3 amide bonds. The summed E-state index contributed by atoms with van der Waals surface area (Å²) in [5.74, 6) is -0.0373. The van der Waals surface area contributed by atoms with Crippen molar-refractivity contribution in [3.63, 3.8) is 0 Å². The van der Waals surface area contributed by atoms with Crippen molar-refractivity contribution in [2.75, 3.05) is 45.4 Å². The molecule has 0 aliphatic carbocycles. The zero-order valence-corrected chi connectivity index (χ0v) is 34.7. The van der Waals surface area contributed by atoms with Gasteiger partial charge in [-0.2, -0.15) is 0 Å². The van der Waals surface area contributed by atoms with Crippen LogP contribution < -0.4 is 20.3 Å².